The summed E-state index contributed by atoms with van der Waals surface area (Å²) in [5.74, 6) is -0.371. The Bertz CT molecular complexity index is 840. The van der Waals surface area contributed by atoms with Crippen molar-refractivity contribution in [3.05, 3.63) is 70.2 Å². The van der Waals surface area contributed by atoms with Crippen LogP contribution >= 0.6 is 11.6 Å². The predicted molar refractivity (Wildman–Crippen MR) is 107 cm³/mol. The Morgan fingerprint density at radius 2 is 1.81 bits per heavy atom. The van der Waals surface area contributed by atoms with Gasteiger partial charge in [0.05, 0.1) is 10.6 Å². The van der Waals surface area contributed by atoms with Gasteiger partial charge in [0.15, 0.2) is 0 Å². The summed E-state index contributed by atoms with van der Waals surface area (Å²) in [6.07, 6.45) is 0.492. The van der Waals surface area contributed by atoms with Gasteiger partial charge >= 0.3 is 0 Å². The molecular weight excluding hydrogens is 362 g/mol. The lowest BCUT2D eigenvalue weighted by molar-refractivity contribution is -0.126. The van der Waals surface area contributed by atoms with Gasteiger partial charge in [0.2, 0.25) is 5.91 Å². The second kappa shape index (κ2) is 8.55. The maximum absolute atomic E-state index is 13.2. The molecule has 2 atom stereocenters. The summed E-state index contributed by atoms with van der Waals surface area (Å²) in [6.45, 7) is 2.88. The van der Waals surface area contributed by atoms with E-state index in [4.69, 9.17) is 11.6 Å². The summed E-state index contributed by atoms with van der Waals surface area (Å²) >= 11 is 6.23. The number of carbonyl (C=O) groups is 2. The van der Waals surface area contributed by atoms with Crippen molar-refractivity contribution >= 4 is 23.4 Å². The third-order valence-corrected chi connectivity index (χ3v) is 5.32. The van der Waals surface area contributed by atoms with Crippen LogP contribution in [0.4, 0.5) is 0 Å². The first-order valence-corrected chi connectivity index (χ1v) is 9.46. The van der Waals surface area contributed by atoms with Gasteiger partial charge in [-0.25, -0.2) is 0 Å². The zero-order valence-electron chi connectivity index (χ0n) is 15.5. The molecule has 0 fully saturated rings. The molecule has 0 bridgehead atoms. The quantitative estimate of drug-likeness (QED) is 0.831. The van der Waals surface area contributed by atoms with Crippen LogP contribution < -0.4 is 10.6 Å². The van der Waals surface area contributed by atoms with Crippen LogP contribution in [0, 0.1) is 0 Å². The Morgan fingerprint density at radius 3 is 2.52 bits per heavy atom. The number of likely N-dealkylation sites (N-methyl/N-ethyl adjacent to an activating group) is 1. The maximum atomic E-state index is 13.2. The molecule has 3 rings (SSSR count). The molecule has 1 aliphatic heterocycles. The van der Waals surface area contributed by atoms with E-state index < -0.39 is 6.04 Å². The van der Waals surface area contributed by atoms with Crippen LogP contribution in [-0.4, -0.2) is 42.4 Å². The van der Waals surface area contributed by atoms with Crippen molar-refractivity contribution in [1.29, 1.82) is 0 Å². The normalized spacial score (nSPS) is 17.1. The number of hydrogen-bond donors (Lipinski definition) is 2. The van der Waals surface area contributed by atoms with E-state index in [1.54, 1.807) is 29.2 Å². The number of fused-ring (bicyclic) bond motifs is 1. The van der Waals surface area contributed by atoms with Crippen LogP contribution in [0.5, 0.6) is 0 Å². The molecule has 2 aromatic carbocycles. The third-order valence-electron chi connectivity index (χ3n) is 4.99. The Hall–Kier alpha value is -2.37. The van der Waals surface area contributed by atoms with Crippen LogP contribution in [0.25, 0.3) is 0 Å². The van der Waals surface area contributed by atoms with Gasteiger partial charge < -0.3 is 15.5 Å². The van der Waals surface area contributed by atoms with Gasteiger partial charge in [0.1, 0.15) is 6.04 Å². The fraction of sp³-hybridized carbons (Fsp3) is 0.333. The highest BCUT2D eigenvalue weighted by molar-refractivity contribution is 6.33. The van der Waals surface area contributed by atoms with Gasteiger partial charge in [-0.3, -0.25) is 9.59 Å². The molecule has 6 heteroatoms. The minimum absolute atomic E-state index is 0.146. The summed E-state index contributed by atoms with van der Waals surface area (Å²) in [5.41, 5.74) is 2.58. The van der Waals surface area contributed by atoms with E-state index in [1.807, 2.05) is 38.2 Å². The second-order valence-corrected chi connectivity index (χ2v) is 7.24. The van der Waals surface area contributed by atoms with Crippen LogP contribution in [0.15, 0.2) is 48.5 Å². The highest BCUT2D eigenvalue weighted by Crippen LogP contribution is 2.27. The minimum Gasteiger partial charge on any atom is -0.353 e. The molecule has 2 N–H and O–H groups in total. The van der Waals surface area contributed by atoms with E-state index in [2.05, 4.69) is 10.6 Å². The zero-order chi connectivity index (χ0) is 19.4. The number of amides is 2. The monoisotopic (exact) mass is 385 g/mol. The van der Waals surface area contributed by atoms with E-state index in [9.17, 15) is 9.59 Å². The molecule has 0 spiro atoms. The van der Waals surface area contributed by atoms with Gasteiger partial charge in [0, 0.05) is 25.6 Å². The average Bonchev–Trinajstić information content (AvgIpc) is 2.70. The molecule has 1 aliphatic rings. The van der Waals surface area contributed by atoms with Crippen molar-refractivity contribution in [2.75, 3.05) is 13.6 Å². The number of nitrogens with one attached hydrogen (secondary N) is 2. The number of benzene rings is 2. The lowest BCUT2D eigenvalue weighted by Gasteiger charge is -2.36. The molecule has 0 aliphatic carbocycles. The first kappa shape index (κ1) is 19.4. The number of carbonyl (C=O) groups excluding carboxylic acids is 2. The Kier molecular flexibility index (Phi) is 6.14. The smallest absolute Gasteiger partial charge is 0.256 e. The van der Waals surface area contributed by atoms with E-state index in [1.165, 1.54) is 0 Å². The number of rotatable bonds is 5. The summed E-state index contributed by atoms with van der Waals surface area (Å²) in [7, 11) is 1.85. The van der Waals surface area contributed by atoms with Crippen LogP contribution in [0.3, 0.4) is 0 Å². The van der Waals surface area contributed by atoms with Crippen LogP contribution in [-0.2, 0) is 17.8 Å². The summed E-state index contributed by atoms with van der Waals surface area (Å²) in [5, 5.41) is 6.44. The summed E-state index contributed by atoms with van der Waals surface area (Å²) in [6, 6.07) is 14.5. The number of nitrogens with zero attached hydrogens (tertiary/aromatic N) is 1. The SMILES string of the molecule is CNC(C)CNC(=O)C1Cc2ccccc2CN1C(=O)c1ccccc1Cl. The fourth-order valence-corrected chi connectivity index (χ4v) is 3.45. The number of halogens is 1. The average molecular weight is 386 g/mol. The molecule has 0 saturated heterocycles. The molecule has 2 unspecified atom stereocenters. The van der Waals surface area contributed by atoms with E-state index in [0.717, 1.165) is 11.1 Å². The predicted octanol–water partition coefficient (Wildman–Crippen LogP) is 2.63. The van der Waals surface area contributed by atoms with E-state index >= 15 is 0 Å². The van der Waals surface area contributed by atoms with Crippen LogP contribution in [0.1, 0.15) is 28.4 Å². The number of hydrogen-bond acceptors (Lipinski definition) is 3. The molecule has 142 valence electrons. The molecule has 1 heterocycles. The van der Waals surface area contributed by atoms with Gasteiger partial charge in [-0.1, -0.05) is 48.0 Å². The zero-order valence-corrected chi connectivity index (χ0v) is 16.3. The molecule has 0 saturated carbocycles. The largest absolute Gasteiger partial charge is 0.353 e. The van der Waals surface area contributed by atoms with Crippen molar-refractivity contribution in [2.45, 2.75) is 32.0 Å². The van der Waals surface area contributed by atoms with Crippen molar-refractivity contribution in [3.63, 3.8) is 0 Å². The molecule has 0 radical (unpaired) electrons. The van der Waals surface area contributed by atoms with Crippen molar-refractivity contribution in [2.24, 2.45) is 0 Å². The van der Waals surface area contributed by atoms with Crippen molar-refractivity contribution < 1.29 is 9.59 Å². The summed E-state index contributed by atoms with van der Waals surface area (Å²) in [4.78, 5) is 27.7. The Balaban J connectivity index is 1.89. The molecule has 5 nitrogen and oxygen atoms in total. The van der Waals surface area contributed by atoms with Crippen LogP contribution in [0.2, 0.25) is 5.02 Å². The Labute approximate surface area is 164 Å². The summed E-state index contributed by atoms with van der Waals surface area (Å²) < 4.78 is 0. The van der Waals surface area contributed by atoms with Gasteiger partial charge in [-0.2, -0.15) is 0 Å². The lowest BCUT2D eigenvalue weighted by atomic mass is 9.92. The maximum Gasteiger partial charge on any atom is 0.256 e. The third kappa shape index (κ3) is 4.31. The topological polar surface area (TPSA) is 61.4 Å². The standard InChI is InChI=1S/C21H24ClN3O2/c1-14(23-2)12-24-20(26)19-11-15-7-3-4-8-16(15)13-25(19)21(27)17-9-5-6-10-18(17)22/h3-10,14,19,23H,11-13H2,1-2H3,(H,24,26). The van der Waals surface area contributed by atoms with E-state index in [0.29, 0.717) is 30.1 Å². The molecule has 2 amide bonds. The lowest BCUT2D eigenvalue weighted by Crippen LogP contribution is -2.54. The highest BCUT2D eigenvalue weighted by atomic mass is 35.5. The van der Waals surface area contributed by atoms with Crippen molar-refractivity contribution in [1.82, 2.24) is 15.5 Å². The molecular formula is C21H24ClN3O2. The fourth-order valence-electron chi connectivity index (χ4n) is 3.23. The van der Waals surface area contributed by atoms with Gasteiger partial charge in [0.25, 0.3) is 5.91 Å². The van der Waals surface area contributed by atoms with Gasteiger partial charge in [-0.15, -0.1) is 0 Å². The second-order valence-electron chi connectivity index (χ2n) is 6.84. The van der Waals surface area contributed by atoms with E-state index in [-0.39, 0.29) is 17.9 Å². The van der Waals surface area contributed by atoms with Gasteiger partial charge in [-0.05, 0) is 37.2 Å². The molecule has 2 aromatic rings. The Morgan fingerprint density at radius 1 is 1.15 bits per heavy atom. The first-order chi connectivity index (χ1) is 13.0. The highest BCUT2D eigenvalue weighted by Gasteiger charge is 2.35. The molecule has 0 aromatic heterocycles. The van der Waals surface area contributed by atoms with Crippen molar-refractivity contribution in [3.8, 4) is 0 Å². The minimum atomic E-state index is -0.562. The molecule has 27 heavy (non-hydrogen) atoms. The first-order valence-electron chi connectivity index (χ1n) is 9.08.